The molecule has 1 aromatic rings. The Morgan fingerprint density at radius 3 is 2.73 bits per heavy atom. The van der Waals surface area contributed by atoms with E-state index in [0.717, 1.165) is 4.73 Å². The largest absolute Gasteiger partial charge is 0.618 e. The molecule has 1 aromatic heterocycles. The molecule has 0 amide bonds. The highest BCUT2D eigenvalue weighted by molar-refractivity contribution is 5.21. The summed E-state index contributed by atoms with van der Waals surface area (Å²) < 4.78 is 5.73. The molecule has 0 atom stereocenters. The molecule has 11 heavy (non-hydrogen) atoms. The fraction of sp³-hybridized carbons (Fsp3) is 0.375. The summed E-state index contributed by atoms with van der Waals surface area (Å²) in [6.07, 6.45) is 0. The van der Waals surface area contributed by atoms with Gasteiger partial charge in [-0.2, -0.15) is 4.73 Å². The molecule has 1 rings (SSSR count). The molecule has 0 saturated carbocycles. The monoisotopic (exact) mass is 152 g/mol. The molecular formula is C8H10NO2. The summed E-state index contributed by atoms with van der Waals surface area (Å²) in [6.45, 7) is 3.44. The highest BCUT2D eigenvalue weighted by Crippen LogP contribution is 2.11. The van der Waals surface area contributed by atoms with Gasteiger partial charge in [0.15, 0.2) is 11.4 Å². The van der Waals surface area contributed by atoms with E-state index < -0.39 is 0 Å². The molecule has 59 valence electrons. The Hall–Kier alpha value is -1.25. The van der Waals surface area contributed by atoms with E-state index in [1.807, 2.05) is 0 Å². The minimum absolute atomic E-state index is 0.505. The van der Waals surface area contributed by atoms with Crippen molar-refractivity contribution in [3.63, 3.8) is 0 Å². The van der Waals surface area contributed by atoms with Crippen LogP contribution in [0.3, 0.4) is 0 Å². The first kappa shape index (κ1) is 7.85. The van der Waals surface area contributed by atoms with Gasteiger partial charge in [-0.3, -0.25) is 0 Å². The summed E-state index contributed by atoms with van der Waals surface area (Å²) >= 11 is 0. The number of ether oxygens (including phenoxy) is 1. The van der Waals surface area contributed by atoms with E-state index in [4.69, 9.17) is 4.74 Å². The van der Waals surface area contributed by atoms with E-state index in [1.54, 1.807) is 19.9 Å². The molecule has 0 aliphatic heterocycles. The van der Waals surface area contributed by atoms with E-state index in [1.165, 1.54) is 7.11 Å². The van der Waals surface area contributed by atoms with E-state index in [0.29, 0.717) is 17.1 Å². The summed E-state index contributed by atoms with van der Waals surface area (Å²) in [6, 6.07) is 4.46. The Morgan fingerprint density at radius 1 is 1.55 bits per heavy atom. The van der Waals surface area contributed by atoms with Gasteiger partial charge in [-0.1, -0.05) is 0 Å². The van der Waals surface area contributed by atoms with Gasteiger partial charge in [0.05, 0.1) is 7.11 Å². The molecule has 0 aliphatic carbocycles. The molecule has 0 fully saturated rings. The smallest absolute Gasteiger partial charge is 0.232 e. The van der Waals surface area contributed by atoms with Crippen molar-refractivity contribution in [2.75, 3.05) is 7.11 Å². The van der Waals surface area contributed by atoms with Crippen molar-refractivity contribution in [2.45, 2.75) is 13.8 Å². The zero-order valence-electron chi connectivity index (χ0n) is 6.84. The number of aromatic nitrogens is 1. The van der Waals surface area contributed by atoms with Crippen molar-refractivity contribution in [1.82, 2.24) is 0 Å². The summed E-state index contributed by atoms with van der Waals surface area (Å²) in [5.74, 6) is 0.505. The van der Waals surface area contributed by atoms with Gasteiger partial charge in [0.1, 0.15) is 0 Å². The second-order valence-electron chi connectivity index (χ2n) is 2.34. The van der Waals surface area contributed by atoms with Crippen molar-refractivity contribution in [1.29, 1.82) is 0 Å². The minimum atomic E-state index is 0.505. The van der Waals surface area contributed by atoms with Gasteiger partial charge in [-0.15, -0.1) is 0 Å². The average Bonchev–Trinajstić information content (AvgIpc) is 2.01. The normalized spacial score (nSPS) is 9.73. The number of nitrogens with zero attached hydrogens (tertiary/aromatic N) is 1. The van der Waals surface area contributed by atoms with Gasteiger partial charge in [-0.05, 0) is 0 Å². The van der Waals surface area contributed by atoms with E-state index >= 15 is 0 Å². The Bertz CT molecular complexity index is 271. The molecule has 0 aliphatic rings. The highest BCUT2D eigenvalue weighted by Gasteiger charge is 2.09. The van der Waals surface area contributed by atoms with Gasteiger partial charge in [0.25, 0.3) is 0 Å². The maximum Gasteiger partial charge on any atom is 0.232 e. The summed E-state index contributed by atoms with van der Waals surface area (Å²) in [5.41, 5.74) is 1.18. The number of rotatable bonds is 1. The molecule has 3 nitrogen and oxygen atoms in total. The number of pyridine rings is 1. The Kier molecular flexibility index (Phi) is 1.98. The van der Waals surface area contributed by atoms with Crippen LogP contribution in [0.5, 0.6) is 5.75 Å². The minimum Gasteiger partial charge on any atom is -0.618 e. The van der Waals surface area contributed by atoms with Crippen LogP contribution in [0.4, 0.5) is 0 Å². The van der Waals surface area contributed by atoms with E-state index in [-0.39, 0.29) is 0 Å². The zero-order valence-corrected chi connectivity index (χ0v) is 6.84. The SMILES string of the molecule is COc1[c]cc(C)[n+]([O-])c1C. The molecule has 0 aromatic carbocycles. The molecular weight excluding hydrogens is 142 g/mol. The predicted octanol–water partition coefficient (Wildman–Crippen LogP) is 0.746. The first-order valence-corrected chi connectivity index (χ1v) is 3.32. The topological polar surface area (TPSA) is 36.2 Å². The lowest BCUT2D eigenvalue weighted by molar-refractivity contribution is -0.619. The van der Waals surface area contributed by atoms with Crippen LogP contribution in [0.2, 0.25) is 0 Å². The van der Waals surface area contributed by atoms with Crippen molar-refractivity contribution in [2.24, 2.45) is 0 Å². The maximum atomic E-state index is 11.2. The van der Waals surface area contributed by atoms with Crippen LogP contribution in [0.1, 0.15) is 11.4 Å². The number of hydrogen-bond acceptors (Lipinski definition) is 2. The van der Waals surface area contributed by atoms with Crippen molar-refractivity contribution < 1.29 is 9.47 Å². The van der Waals surface area contributed by atoms with Gasteiger partial charge < -0.3 is 9.94 Å². The van der Waals surface area contributed by atoms with E-state index in [2.05, 4.69) is 6.07 Å². The van der Waals surface area contributed by atoms with Gasteiger partial charge in [0, 0.05) is 26.0 Å². The quantitative estimate of drug-likeness (QED) is 0.439. The van der Waals surface area contributed by atoms with Gasteiger partial charge in [0.2, 0.25) is 5.69 Å². The Labute approximate surface area is 65.8 Å². The molecule has 1 heterocycles. The summed E-state index contributed by atoms with van der Waals surface area (Å²) in [7, 11) is 1.52. The lowest BCUT2D eigenvalue weighted by atomic mass is 10.3. The third-order valence-corrected chi connectivity index (χ3v) is 1.57. The fourth-order valence-electron chi connectivity index (χ4n) is 0.896. The Morgan fingerprint density at radius 2 is 2.18 bits per heavy atom. The van der Waals surface area contributed by atoms with Crippen LogP contribution in [0.25, 0.3) is 0 Å². The van der Waals surface area contributed by atoms with E-state index in [9.17, 15) is 5.21 Å². The third-order valence-electron chi connectivity index (χ3n) is 1.57. The van der Waals surface area contributed by atoms with Crippen LogP contribution >= 0.6 is 0 Å². The fourth-order valence-corrected chi connectivity index (χ4v) is 0.896. The number of methoxy groups -OCH3 is 1. The number of hydrogen-bond donors (Lipinski definition) is 0. The molecule has 0 bridgehead atoms. The highest BCUT2D eigenvalue weighted by atomic mass is 16.5. The van der Waals surface area contributed by atoms with Crippen LogP contribution in [0, 0.1) is 25.1 Å². The van der Waals surface area contributed by atoms with Crippen molar-refractivity contribution >= 4 is 0 Å². The lowest BCUT2D eigenvalue weighted by Crippen LogP contribution is -2.33. The summed E-state index contributed by atoms with van der Waals surface area (Å²) in [5, 5.41) is 11.2. The van der Waals surface area contributed by atoms with Crippen LogP contribution in [-0.4, -0.2) is 7.11 Å². The Balaban J connectivity index is 3.25. The predicted molar refractivity (Wildman–Crippen MR) is 40.3 cm³/mol. The molecule has 0 saturated heterocycles. The van der Waals surface area contributed by atoms with Crippen LogP contribution < -0.4 is 9.47 Å². The first-order chi connectivity index (χ1) is 5.16. The van der Waals surface area contributed by atoms with Crippen molar-refractivity contribution in [3.8, 4) is 5.75 Å². The molecule has 0 N–H and O–H groups in total. The molecule has 0 unspecified atom stereocenters. The van der Waals surface area contributed by atoms with Gasteiger partial charge >= 0.3 is 0 Å². The third kappa shape index (κ3) is 1.27. The molecule has 0 spiro atoms. The molecule has 1 radical (unpaired) electrons. The standard InChI is InChI=1S/C8H10NO2/c1-6-4-5-8(11-3)7(2)9(6)10/h4H,1-3H3. The van der Waals surface area contributed by atoms with Gasteiger partial charge in [-0.25, -0.2) is 0 Å². The molecule has 3 heteroatoms. The number of aryl methyl sites for hydroxylation is 1. The van der Waals surface area contributed by atoms with Crippen LogP contribution in [0.15, 0.2) is 6.07 Å². The summed E-state index contributed by atoms with van der Waals surface area (Å²) in [4.78, 5) is 0. The van der Waals surface area contributed by atoms with Crippen LogP contribution in [-0.2, 0) is 0 Å². The maximum absolute atomic E-state index is 11.2. The second-order valence-corrected chi connectivity index (χ2v) is 2.34. The second kappa shape index (κ2) is 2.78. The average molecular weight is 152 g/mol. The lowest BCUT2D eigenvalue weighted by Gasteiger charge is -2.06. The first-order valence-electron chi connectivity index (χ1n) is 3.32. The van der Waals surface area contributed by atoms with Crippen molar-refractivity contribution in [3.05, 3.63) is 28.7 Å². The zero-order chi connectivity index (χ0) is 8.43.